The summed E-state index contributed by atoms with van der Waals surface area (Å²) in [6.45, 7) is 4.80. The second-order valence-electron chi connectivity index (χ2n) is 5.22. The van der Waals surface area contributed by atoms with Gasteiger partial charge < -0.3 is 9.84 Å². The first kappa shape index (κ1) is 17.8. The lowest BCUT2D eigenvalue weighted by Crippen LogP contribution is -2.36. The van der Waals surface area contributed by atoms with Gasteiger partial charge in [-0.25, -0.2) is 9.69 Å². The molecule has 1 aromatic carbocycles. The van der Waals surface area contributed by atoms with Gasteiger partial charge in [0.1, 0.15) is 17.7 Å². The zero-order valence-corrected chi connectivity index (χ0v) is 13.3. The summed E-state index contributed by atoms with van der Waals surface area (Å²) in [4.78, 5) is 13.0. The van der Waals surface area contributed by atoms with E-state index in [0.717, 1.165) is 10.4 Å². The monoisotopic (exact) mass is 323 g/mol. The van der Waals surface area contributed by atoms with Gasteiger partial charge in [0.2, 0.25) is 10.3 Å². The van der Waals surface area contributed by atoms with Crippen LogP contribution in [0.3, 0.4) is 0 Å². The Morgan fingerprint density at radius 2 is 1.91 bits per heavy atom. The Morgan fingerprint density at radius 3 is 2.36 bits per heavy atom. The molecule has 0 unspecified atom stereocenters. The number of amides is 1. The van der Waals surface area contributed by atoms with E-state index in [1.807, 2.05) is 0 Å². The van der Waals surface area contributed by atoms with E-state index in [0.29, 0.717) is 11.3 Å². The summed E-state index contributed by atoms with van der Waals surface area (Å²) in [5, 5.41) is 8.63. The molecule has 0 spiro atoms. The van der Waals surface area contributed by atoms with Gasteiger partial charge in [-0.05, 0) is 45.0 Å². The molecule has 0 aliphatic rings. The minimum absolute atomic E-state index is 0.255. The van der Waals surface area contributed by atoms with Crippen molar-refractivity contribution in [2.45, 2.75) is 26.4 Å². The normalized spacial score (nSPS) is 10.2. The van der Waals surface area contributed by atoms with Crippen molar-refractivity contribution in [2.75, 3.05) is 11.5 Å². The SMILES string of the molecule is CC(C)(C)OC(=O)N(C=S(=O)=O)c1ccc(C#CCO)cc1. The quantitative estimate of drug-likeness (QED) is 0.657. The summed E-state index contributed by atoms with van der Waals surface area (Å²) >= 11 is 0. The number of benzene rings is 1. The van der Waals surface area contributed by atoms with Crippen LogP contribution in [0.15, 0.2) is 24.3 Å². The van der Waals surface area contributed by atoms with Gasteiger partial charge in [0.15, 0.2) is 0 Å². The molecule has 0 bridgehead atoms. The highest BCUT2D eigenvalue weighted by Crippen LogP contribution is 2.17. The van der Waals surface area contributed by atoms with E-state index in [4.69, 9.17) is 9.84 Å². The minimum Gasteiger partial charge on any atom is -0.443 e. The Bertz CT molecular complexity index is 710. The highest BCUT2D eigenvalue weighted by atomic mass is 32.2. The van der Waals surface area contributed by atoms with Crippen LogP contribution in [0, 0.1) is 11.8 Å². The summed E-state index contributed by atoms with van der Waals surface area (Å²) in [6, 6.07) is 6.29. The van der Waals surface area contributed by atoms with Gasteiger partial charge in [-0.15, -0.1) is 0 Å². The van der Waals surface area contributed by atoms with Crippen molar-refractivity contribution < 1.29 is 23.1 Å². The van der Waals surface area contributed by atoms with Crippen LogP contribution in [-0.4, -0.2) is 37.3 Å². The lowest BCUT2D eigenvalue weighted by atomic mass is 10.2. The molecule has 0 aliphatic carbocycles. The summed E-state index contributed by atoms with van der Waals surface area (Å²) in [6.07, 6.45) is -0.800. The van der Waals surface area contributed by atoms with Crippen LogP contribution in [0.1, 0.15) is 26.3 Å². The highest BCUT2D eigenvalue weighted by Gasteiger charge is 2.22. The molecule has 6 nitrogen and oxygen atoms in total. The molecule has 1 N–H and O–H groups in total. The fraction of sp³-hybridized carbons (Fsp3) is 0.333. The number of ether oxygens (including phenoxy) is 1. The molecule has 118 valence electrons. The topological polar surface area (TPSA) is 83.9 Å². The zero-order chi connectivity index (χ0) is 16.8. The first-order valence-electron chi connectivity index (χ1n) is 6.38. The molecule has 0 heterocycles. The maximum absolute atomic E-state index is 12.1. The number of hydrogen-bond donors (Lipinski definition) is 1. The maximum atomic E-state index is 12.1. The molecule has 0 aromatic heterocycles. The lowest BCUT2D eigenvalue weighted by molar-refractivity contribution is 0.0606. The summed E-state index contributed by atoms with van der Waals surface area (Å²) in [5.41, 5.74) is 0.945. The predicted molar refractivity (Wildman–Crippen MR) is 84.1 cm³/mol. The number of nitrogens with zero attached hydrogens (tertiary/aromatic N) is 1. The fourth-order valence-corrected chi connectivity index (χ4v) is 1.83. The van der Waals surface area contributed by atoms with Crippen LogP contribution in [0.2, 0.25) is 0 Å². The Labute approximate surface area is 130 Å². The van der Waals surface area contributed by atoms with Gasteiger partial charge in [-0.1, -0.05) is 11.8 Å². The minimum atomic E-state index is -2.57. The standard InChI is InChI=1S/C15H17NO5S/c1-15(2,3)21-14(18)16(11-22(19)20)13-8-6-12(7-9-13)5-4-10-17/h6-9,11,17H,10H2,1-3H3. The van der Waals surface area contributed by atoms with Crippen molar-refractivity contribution >= 4 is 27.6 Å². The Balaban J connectivity index is 3.12. The van der Waals surface area contributed by atoms with E-state index in [9.17, 15) is 13.2 Å². The summed E-state index contributed by atoms with van der Waals surface area (Å²) in [7, 11) is -2.57. The van der Waals surface area contributed by atoms with Crippen molar-refractivity contribution in [3.8, 4) is 11.8 Å². The Hall–Kier alpha value is -2.30. The van der Waals surface area contributed by atoms with E-state index in [1.165, 1.54) is 12.1 Å². The molecule has 7 heteroatoms. The molecule has 0 fully saturated rings. The van der Waals surface area contributed by atoms with Gasteiger partial charge >= 0.3 is 6.09 Å². The number of rotatable bonds is 2. The fourth-order valence-electron chi connectivity index (χ4n) is 1.45. The van der Waals surface area contributed by atoms with Gasteiger partial charge in [0.05, 0.1) is 5.69 Å². The van der Waals surface area contributed by atoms with Crippen LogP contribution in [0.4, 0.5) is 10.5 Å². The third kappa shape index (κ3) is 5.99. The second-order valence-corrected chi connectivity index (χ2v) is 5.95. The number of hydrogen-bond acceptors (Lipinski definition) is 5. The molecular weight excluding hydrogens is 306 g/mol. The predicted octanol–water partition coefficient (Wildman–Crippen LogP) is 1.41. The van der Waals surface area contributed by atoms with E-state index >= 15 is 0 Å². The molecule has 1 aromatic rings. The average Bonchev–Trinajstić information content (AvgIpc) is 2.41. The van der Waals surface area contributed by atoms with E-state index in [1.54, 1.807) is 32.9 Å². The van der Waals surface area contributed by atoms with Gasteiger partial charge in [-0.3, -0.25) is 0 Å². The number of carbonyl (C=O) groups is 1. The summed E-state index contributed by atoms with van der Waals surface area (Å²) in [5.74, 6) is 5.20. The Kier molecular flexibility index (Phi) is 6.16. The molecule has 0 saturated carbocycles. The molecule has 22 heavy (non-hydrogen) atoms. The van der Waals surface area contributed by atoms with Crippen molar-refractivity contribution in [3.05, 3.63) is 29.8 Å². The third-order valence-corrected chi connectivity index (χ3v) is 2.62. The van der Waals surface area contributed by atoms with Crippen molar-refractivity contribution in [1.82, 2.24) is 0 Å². The number of carbonyl (C=O) groups excluding carboxylic acids is 1. The van der Waals surface area contributed by atoms with Crippen LogP contribution in [-0.2, 0) is 15.0 Å². The Morgan fingerprint density at radius 1 is 1.32 bits per heavy atom. The van der Waals surface area contributed by atoms with Gasteiger partial charge in [0, 0.05) is 5.56 Å². The number of aliphatic hydroxyl groups is 1. The van der Waals surface area contributed by atoms with E-state index in [2.05, 4.69) is 11.8 Å². The summed E-state index contributed by atoms with van der Waals surface area (Å²) < 4.78 is 27.0. The molecule has 1 amide bonds. The zero-order valence-electron chi connectivity index (χ0n) is 12.5. The second kappa shape index (κ2) is 7.64. The first-order chi connectivity index (χ1) is 10.2. The van der Waals surface area contributed by atoms with Gasteiger partial charge in [0.25, 0.3) is 0 Å². The maximum Gasteiger partial charge on any atom is 0.419 e. The van der Waals surface area contributed by atoms with Crippen molar-refractivity contribution in [2.24, 2.45) is 0 Å². The molecule has 0 atom stereocenters. The highest BCUT2D eigenvalue weighted by molar-refractivity contribution is 7.71. The third-order valence-electron chi connectivity index (χ3n) is 2.24. The van der Waals surface area contributed by atoms with Crippen LogP contribution < -0.4 is 4.90 Å². The van der Waals surface area contributed by atoms with Crippen LogP contribution in [0.5, 0.6) is 0 Å². The molecule has 0 aliphatic heterocycles. The average molecular weight is 323 g/mol. The van der Waals surface area contributed by atoms with Crippen molar-refractivity contribution in [1.29, 1.82) is 0 Å². The molecular formula is C15H17NO5S. The van der Waals surface area contributed by atoms with E-state index < -0.39 is 22.0 Å². The number of aliphatic hydroxyl groups excluding tert-OH is 1. The number of anilines is 1. The molecule has 0 radical (unpaired) electrons. The van der Waals surface area contributed by atoms with Crippen LogP contribution in [0.25, 0.3) is 0 Å². The molecule has 0 saturated heterocycles. The smallest absolute Gasteiger partial charge is 0.419 e. The van der Waals surface area contributed by atoms with Gasteiger partial charge in [-0.2, -0.15) is 8.42 Å². The van der Waals surface area contributed by atoms with Crippen molar-refractivity contribution in [3.63, 3.8) is 0 Å². The van der Waals surface area contributed by atoms with Crippen LogP contribution >= 0.6 is 0 Å². The largest absolute Gasteiger partial charge is 0.443 e. The molecule has 1 rings (SSSR count). The first-order valence-corrected chi connectivity index (χ1v) is 7.52. The van der Waals surface area contributed by atoms with E-state index in [-0.39, 0.29) is 6.61 Å². The lowest BCUT2D eigenvalue weighted by Gasteiger charge is -2.24.